The lowest BCUT2D eigenvalue weighted by Crippen LogP contribution is -2.47. The fourth-order valence-electron chi connectivity index (χ4n) is 4.56. The summed E-state index contributed by atoms with van der Waals surface area (Å²) in [7, 11) is 0. The van der Waals surface area contributed by atoms with Crippen molar-refractivity contribution in [2.45, 2.75) is 39.2 Å². The maximum atomic E-state index is 11.9. The predicted octanol–water partition coefficient (Wildman–Crippen LogP) is 1.95. The number of carbonyl (C=O) groups excluding carboxylic acids is 2. The summed E-state index contributed by atoms with van der Waals surface area (Å²) >= 11 is 0. The molecule has 0 aromatic carbocycles. The number of nitrogens with zero attached hydrogens (tertiary/aromatic N) is 4. The third-order valence-corrected chi connectivity index (χ3v) is 6.19. The third-order valence-electron chi connectivity index (χ3n) is 6.19. The van der Waals surface area contributed by atoms with Crippen LogP contribution in [-0.2, 0) is 16.1 Å². The van der Waals surface area contributed by atoms with Gasteiger partial charge in [-0.1, -0.05) is 0 Å². The van der Waals surface area contributed by atoms with Crippen LogP contribution >= 0.6 is 0 Å². The SMILES string of the molecule is CC(=O)N1CCN(Cc2c(C3CCCN(C(C)=O)C3)[nH]c3ncccc23)CC1. The Kier molecular flexibility index (Phi) is 5.35. The molecule has 2 saturated heterocycles. The molecule has 4 heterocycles. The molecule has 150 valence electrons. The number of amides is 2. The van der Waals surface area contributed by atoms with Gasteiger partial charge in [-0.05, 0) is 30.5 Å². The van der Waals surface area contributed by atoms with Crippen LogP contribution in [0.3, 0.4) is 0 Å². The second-order valence-electron chi connectivity index (χ2n) is 8.00. The van der Waals surface area contributed by atoms with Crippen LogP contribution in [0.2, 0.25) is 0 Å². The van der Waals surface area contributed by atoms with Crippen molar-refractivity contribution in [3.05, 3.63) is 29.6 Å². The summed E-state index contributed by atoms with van der Waals surface area (Å²) in [6, 6.07) is 4.12. The molecule has 2 aromatic rings. The van der Waals surface area contributed by atoms with Crippen LogP contribution in [0.25, 0.3) is 11.0 Å². The monoisotopic (exact) mass is 383 g/mol. The highest BCUT2D eigenvalue weighted by Gasteiger charge is 2.28. The van der Waals surface area contributed by atoms with E-state index in [2.05, 4.69) is 20.9 Å². The van der Waals surface area contributed by atoms with Gasteiger partial charge in [-0.25, -0.2) is 4.98 Å². The van der Waals surface area contributed by atoms with Crippen LogP contribution in [0.5, 0.6) is 0 Å². The number of likely N-dealkylation sites (tertiary alicyclic amines) is 1. The fraction of sp³-hybridized carbons (Fsp3) is 0.571. The predicted molar refractivity (Wildman–Crippen MR) is 108 cm³/mol. The largest absolute Gasteiger partial charge is 0.343 e. The fourth-order valence-corrected chi connectivity index (χ4v) is 4.56. The van der Waals surface area contributed by atoms with Crippen molar-refractivity contribution < 1.29 is 9.59 Å². The van der Waals surface area contributed by atoms with Crippen LogP contribution in [0.1, 0.15) is 43.9 Å². The molecular weight excluding hydrogens is 354 g/mol. The Morgan fingerprint density at radius 1 is 1.11 bits per heavy atom. The van der Waals surface area contributed by atoms with Crippen molar-refractivity contribution in [2.75, 3.05) is 39.3 Å². The summed E-state index contributed by atoms with van der Waals surface area (Å²) in [6.07, 6.45) is 3.94. The van der Waals surface area contributed by atoms with E-state index in [0.29, 0.717) is 5.92 Å². The molecule has 28 heavy (non-hydrogen) atoms. The number of aromatic nitrogens is 2. The molecule has 7 nitrogen and oxygen atoms in total. The first-order valence-corrected chi connectivity index (χ1v) is 10.2. The van der Waals surface area contributed by atoms with Crippen molar-refractivity contribution >= 4 is 22.8 Å². The lowest BCUT2D eigenvalue weighted by atomic mass is 9.91. The average molecular weight is 383 g/mol. The quantitative estimate of drug-likeness (QED) is 0.879. The summed E-state index contributed by atoms with van der Waals surface area (Å²) in [6.45, 7) is 9.11. The Hall–Kier alpha value is -2.41. The second kappa shape index (κ2) is 7.91. The Morgan fingerprint density at radius 3 is 2.57 bits per heavy atom. The van der Waals surface area contributed by atoms with Gasteiger partial charge in [-0.2, -0.15) is 0 Å². The Bertz CT molecular complexity index is 869. The first kappa shape index (κ1) is 18.9. The first-order chi connectivity index (χ1) is 13.5. The number of nitrogens with one attached hydrogen (secondary N) is 1. The van der Waals surface area contributed by atoms with E-state index in [-0.39, 0.29) is 11.8 Å². The van der Waals surface area contributed by atoms with Crippen molar-refractivity contribution in [1.82, 2.24) is 24.7 Å². The Morgan fingerprint density at radius 2 is 1.86 bits per heavy atom. The molecule has 4 rings (SSSR count). The van der Waals surface area contributed by atoms with Crippen molar-refractivity contribution in [3.63, 3.8) is 0 Å². The number of carbonyl (C=O) groups is 2. The number of piperazine rings is 1. The summed E-state index contributed by atoms with van der Waals surface area (Å²) < 4.78 is 0. The molecule has 0 aliphatic carbocycles. The number of H-pyrrole nitrogens is 1. The Labute approximate surface area is 165 Å². The minimum absolute atomic E-state index is 0.154. The van der Waals surface area contributed by atoms with Gasteiger partial charge in [0.2, 0.25) is 11.8 Å². The molecule has 1 atom stereocenters. The zero-order valence-corrected chi connectivity index (χ0v) is 16.8. The maximum absolute atomic E-state index is 11.9. The molecule has 0 radical (unpaired) electrons. The highest BCUT2D eigenvalue weighted by molar-refractivity contribution is 5.81. The van der Waals surface area contributed by atoms with Crippen molar-refractivity contribution in [3.8, 4) is 0 Å². The molecule has 2 fully saturated rings. The molecule has 1 N–H and O–H groups in total. The van der Waals surface area contributed by atoms with Crippen LogP contribution < -0.4 is 0 Å². The van der Waals surface area contributed by atoms with Gasteiger partial charge in [-0.15, -0.1) is 0 Å². The smallest absolute Gasteiger partial charge is 0.219 e. The molecule has 7 heteroatoms. The molecule has 2 aliphatic heterocycles. The minimum Gasteiger partial charge on any atom is -0.343 e. The van der Waals surface area contributed by atoms with Gasteiger partial charge in [-0.3, -0.25) is 14.5 Å². The maximum Gasteiger partial charge on any atom is 0.219 e. The van der Waals surface area contributed by atoms with E-state index in [0.717, 1.165) is 64.3 Å². The van der Waals surface area contributed by atoms with Gasteiger partial charge in [0.25, 0.3) is 0 Å². The topological polar surface area (TPSA) is 72.5 Å². The standard InChI is InChI=1S/C21H29N5O2/c1-15(27)25-11-9-24(10-12-25)14-19-18-6-3-7-22-21(18)23-20(19)17-5-4-8-26(13-17)16(2)28/h3,6-7,17H,4-5,8-14H2,1-2H3,(H,22,23). The zero-order chi connectivity index (χ0) is 19.7. The van der Waals surface area contributed by atoms with E-state index in [1.807, 2.05) is 22.1 Å². The summed E-state index contributed by atoms with van der Waals surface area (Å²) in [5.41, 5.74) is 3.46. The first-order valence-electron chi connectivity index (χ1n) is 10.2. The lowest BCUT2D eigenvalue weighted by Gasteiger charge is -2.35. The van der Waals surface area contributed by atoms with Crippen LogP contribution in [0, 0.1) is 0 Å². The van der Waals surface area contributed by atoms with Gasteiger partial charge >= 0.3 is 0 Å². The minimum atomic E-state index is 0.154. The molecule has 1 unspecified atom stereocenters. The lowest BCUT2D eigenvalue weighted by molar-refractivity contribution is -0.131. The van der Waals surface area contributed by atoms with Crippen LogP contribution in [0.4, 0.5) is 0 Å². The molecule has 2 aromatic heterocycles. The number of hydrogen-bond donors (Lipinski definition) is 1. The van der Waals surface area contributed by atoms with Gasteiger partial charge in [0.05, 0.1) is 0 Å². The van der Waals surface area contributed by atoms with Crippen LogP contribution in [-0.4, -0.2) is 75.8 Å². The van der Waals surface area contributed by atoms with Gasteiger partial charge in [0.1, 0.15) is 5.65 Å². The number of piperidine rings is 1. The van der Waals surface area contributed by atoms with E-state index in [9.17, 15) is 9.59 Å². The third kappa shape index (κ3) is 3.76. The average Bonchev–Trinajstić information content (AvgIpc) is 3.07. The van der Waals surface area contributed by atoms with Gasteiger partial charge in [0, 0.05) is 82.9 Å². The number of aromatic amines is 1. The number of rotatable bonds is 3. The Balaban J connectivity index is 1.59. The molecule has 0 saturated carbocycles. The van der Waals surface area contributed by atoms with E-state index >= 15 is 0 Å². The van der Waals surface area contributed by atoms with E-state index in [1.54, 1.807) is 13.8 Å². The van der Waals surface area contributed by atoms with E-state index < -0.39 is 0 Å². The van der Waals surface area contributed by atoms with Gasteiger partial charge < -0.3 is 14.8 Å². The van der Waals surface area contributed by atoms with Crippen molar-refractivity contribution in [2.24, 2.45) is 0 Å². The zero-order valence-electron chi connectivity index (χ0n) is 16.8. The normalized spacial score (nSPS) is 21.3. The number of fused-ring (bicyclic) bond motifs is 1. The summed E-state index contributed by atoms with van der Waals surface area (Å²) in [5.74, 6) is 0.629. The van der Waals surface area contributed by atoms with E-state index in [4.69, 9.17) is 0 Å². The van der Waals surface area contributed by atoms with Crippen LogP contribution in [0.15, 0.2) is 18.3 Å². The number of pyridine rings is 1. The molecular formula is C21H29N5O2. The summed E-state index contributed by atoms with van der Waals surface area (Å²) in [4.78, 5) is 37.9. The highest BCUT2D eigenvalue weighted by atomic mass is 16.2. The number of hydrogen-bond acceptors (Lipinski definition) is 4. The van der Waals surface area contributed by atoms with Crippen molar-refractivity contribution in [1.29, 1.82) is 0 Å². The molecule has 2 amide bonds. The van der Waals surface area contributed by atoms with E-state index in [1.165, 1.54) is 16.6 Å². The van der Waals surface area contributed by atoms with Gasteiger partial charge in [0.15, 0.2) is 0 Å². The molecule has 0 spiro atoms. The summed E-state index contributed by atoms with van der Waals surface area (Å²) in [5, 5.41) is 1.17. The molecule has 0 bridgehead atoms. The second-order valence-corrected chi connectivity index (χ2v) is 8.00. The molecule has 2 aliphatic rings. The highest BCUT2D eigenvalue weighted by Crippen LogP contribution is 2.33.